The van der Waals surface area contributed by atoms with Crippen LogP contribution in [0.1, 0.15) is 67.7 Å². The van der Waals surface area contributed by atoms with Crippen molar-refractivity contribution < 1.29 is 27.5 Å². The van der Waals surface area contributed by atoms with Gasteiger partial charge in [0.2, 0.25) is 0 Å². The molecule has 0 radical (unpaired) electrons. The Morgan fingerprint density at radius 1 is 1.23 bits per heavy atom. The van der Waals surface area contributed by atoms with E-state index in [4.69, 9.17) is 16.3 Å². The van der Waals surface area contributed by atoms with E-state index in [1.807, 2.05) is 0 Å². The van der Waals surface area contributed by atoms with Crippen molar-refractivity contribution in [2.75, 3.05) is 6.54 Å². The highest BCUT2D eigenvalue weighted by molar-refractivity contribution is 9.10. The molecule has 2 heterocycles. The summed E-state index contributed by atoms with van der Waals surface area (Å²) in [6, 6.07) is 6.61. The van der Waals surface area contributed by atoms with Crippen LogP contribution in [-0.4, -0.2) is 40.1 Å². The number of carbonyl (C=O) groups excluding carboxylic acids is 2. The van der Waals surface area contributed by atoms with Gasteiger partial charge in [-0.05, 0) is 63.8 Å². The molecule has 35 heavy (non-hydrogen) atoms. The highest BCUT2D eigenvalue weighted by Gasteiger charge is 2.39. The molecule has 2 amide bonds. The number of hydrogen-bond acceptors (Lipinski definition) is 4. The number of alkyl halides is 3. The summed E-state index contributed by atoms with van der Waals surface area (Å²) in [6.07, 6.45) is -2.25. The number of nitrogens with zero attached hydrogens (tertiary/aromatic N) is 2. The second kappa shape index (κ2) is 10.7. The summed E-state index contributed by atoms with van der Waals surface area (Å²) in [4.78, 5) is 31.6. The van der Waals surface area contributed by atoms with Gasteiger partial charge in [-0.2, -0.15) is 13.2 Å². The molecule has 6 nitrogen and oxygen atoms in total. The number of carbonyl (C=O) groups is 2. The normalized spacial score (nSPS) is 17.6. The second-order valence-corrected chi connectivity index (χ2v) is 10.6. The summed E-state index contributed by atoms with van der Waals surface area (Å²) in [5.74, 6) is -0.874. The molecule has 11 heteroatoms. The van der Waals surface area contributed by atoms with Crippen molar-refractivity contribution in [3.05, 3.63) is 62.8 Å². The fraction of sp³-hybridized carbons (Fsp3) is 0.458. The second-order valence-electron chi connectivity index (χ2n) is 9.26. The topological polar surface area (TPSA) is 71.5 Å². The Morgan fingerprint density at radius 2 is 1.94 bits per heavy atom. The Kier molecular flexibility index (Phi) is 8.36. The predicted octanol–water partition coefficient (Wildman–Crippen LogP) is 6.78. The highest BCUT2D eigenvalue weighted by atomic mass is 79.9. The zero-order valence-electron chi connectivity index (χ0n) is 19.5. The predicted molar refractivity (Wildman–Crippen MR) is 129 cm³/mol. The van der Waals surface area contributed by atoms with E-state index in [1.54, 1.807) is 49.9 Å². The number of likely N-dealkylation sites (tertiary alicyclic amines) is 1. The number of rotatable bonds is 4. The van der Waals surface area contributed by atoms with Crippen molar-refractivity contribution in [1.29, 1.82) is 0 Å². The molecule has 1 aliphatic rings. The van der Waals surface area contributed by atoms with Crippen LogP contribution in [0.15, 0.2) is 41.0 Å². The van der Waals surface area contributed by atoms with Crippen LogP contribution in [-0.2, 0) is 10.9 Å². The van der Waals surface area contributed by atoms with Crippen LogP contribution in [0, 0.1) is 0 Å². The monoisotopic (exact) mass is 575 g/mol. The molecule has 1 aromatic carbocycles. The summed E-state index contributed by atoms with van der Waals surface area (Å²) >= 11 is 9.36. The van der Waals surface area contributed by atoms with Crippen molar-refractivity contribution in [2.24, 2.45) is 0 Å². The maximum absolute atomic E-state index is 13.3. The van der Waals surface area contributed by atoms with E-state index in [-0.39, 0.29) is 0 Å². The Hall–Kier alpha value is -2.33. The van der Waals surface area contributed by atoms with Crippen molar-refractivity contribution in [3.63, 3.8) is 0 Å². The van der Waals surface area contributed by atoms with Crippen molar-refractivity contribution in [1.82, 2.24) is 15.2 Å². The minimum Gasteiger partial charge on any atom is -0.444 e. The van der Waals surface area contributed by atoms with Gasteiger partial charge < -0.3 is 15.0 Å². The minimum absolute atomic E-state index is 0.419. The van der Waals surface area contributed by atoms with E-state index in [0.29, 0.717) is 18.5 Å². The molecule has 0 bridgehead atoms. The molecule has 2 atom stereocenters. The van der Waals surface area contributed by atoms with E-state index in [9.17, 15) is 22.8 Å². The zero-order valence-corrected chi connectivity index (χ0v) is 21.8. The Bertz CT molecular complexity index is 1090. The molecule has 190 valence electrons. The Morgan fingerprint density at radius 3 is 2.57 bits per heavy atom. The third-order valence-electron chi connectivity index (χ3n) is 5.47. The van der Waals surface area contributed by atoms with Gasteiger partial charge >= 0.3 is 12.3 Å². The van der Waals surface area contributed by atoms with Crippen molar-refractivity contribution in [2.45, 2.75) is 63.9 Å². The average molecular weight is 577 g/mol. The number of nitrogens with one attached hydrogen (secondary N) is 1. The van der Waals surface area contributed by atoms with Gasteiger partial charge in [-0.15, -0.1) is 0 Å². The first kappa shape index (κ1) is 27.3. The van der Waals surface area contributed by atoms with Crippen molar-refractivity contribution in [3.8, 4) is 0 Å². The first-order chi connectivity index (χ1) is 16.3. The molecule has 1 aromatic heterocycles. The number of pyridine rings is 1. The van der Waals surface area contributed by atoms with E-state index in [0.717, 1.165) is 29.6 Å². The van der Waals surface area contributed by atoms with Gasteiger partial charge in [0.05, 0.1) is 22.7 Å². The number of amides is 2. The molecule has 1 saturated heterocycles. The van der Waals surface area contributed by atoms with Crippen LogP contribution < -0.4 is 5.32 Å². The molecule has 1 N–H and O–H groups in total. The molecule has 3 rings (SSSR count). The first-order valence-corrected chi connectivity index (χ1v) is 12.2. The van der Waals surface area contributed by atoms with E-state index in [1.165, 1.54) is 0 Å². The van der Waals surface area contributed by atoms with Crippen LogP contribution in [0.2, 0.25) is 5.02 Å². The maximum Gasteiger partial charge on any atom is 0.417 e. The largest absolute Gasteiger partial charge is 0.444 e. The Balaban J connectivity index is 2.00. The molecule has 0 unspecified atom stereocenters. The molecule has 2 aromatic rings. The lowest BCUT2D eigenvalue weighted by molar-refractivity contribution is -0.137. The number of aromatic nitrogens is 1. The third-order valence-corrected chi connectivity index (χ3v) is 6.34. The summed E-state index contributed by atoms with van der Waals surface area (Å²) in [7, 11) is 0. The Labute approximate surface area is 215 Å². The average Bonchev–Trinajstić information content (AvgIpc) is 2.75. The van der Waals surface area contributed by atoms with Gasteiger partial charge in [0.25, 0.3) is 5.91 Å². The molecule has 0 saturated carbocycles. The van der Waals surface area contributed by atoms with Gasteiger partial charge in [0.15, 0.2) is 0 Å². The fourth-order valence-electron chi connectivity index (χ4n) is 3.98. The number of ether oxygens (including phenoxy) is 1. The summed E-state index contributed by atoms with van der Waals surface area (Å²) in [5.41, 5.74) is -1.74. The zero-order chi connectivity index (χ0) is 26.0. The van der Waals surface area contributed by atoms with E-state index >= 15 is 0 Å². The van der Waals surface area contributed by atoms with Gasteiger partial charge in [0, 0.05) is 17.2 Å². The van der Waals surface area contributed by atoms with E-state index in [2.05, 4.69) is 26.2 Å². The molecule has 0 spiro atoms. The number of hydrogen-bond donors (Lipinski definition) is 1. The summed E-state index contributed by atoms with van der Waals surface area (Å²) in [6.45, 7) is 5.71. The summed E-state index contributed by atoms with van der Waals surface area (Å²) < 4.78 is 46.3. The molecule has 0 aliphatic carbocycles. The van der Waals surface area contributed by atoms with Gasteiger partial charge in [-0.25, -0.2) is 9.78 Å². The van der Waals surface area contributed by atoms with Crippen LogP contribution in [0.4, 0.5) is 18.0 Å². The van der Waals surface area contributed by atoms with Crippen LogP contribution in [0.5, 0.6) is 0 Å². The number of benzene rings is 1. The third kappa shape index (κ3) is 6.88. The van der Waals surface area contributed by atoms with Crippen LogP contribution in [0.25, 0.3) is 0 Å². The first-order valence-electron chi connectivity index (χ1n) is 11.1. The highest BCUT2D eigenvalue weighted by Crippen LogP contribution is 2.36. The van der Waals surface area contributed by atoms with E-state index < -0.39 is 52.1 Å². The quantitative estimate of drug-likeness (QED) is 0.436. The molecular weight excluding hydrogens is 551 g/mol. The molecule has 1 fully saturated rings. The standard InChI is InChI=1S/C24H26BrClF3N3O3/c1-23(2,3)35-22(34)32-12-5-4-9-17(32)19(14-7-6-8-15(25)13-14)31-21(33)20-18(26)16(10-11-30-20)24(27,28)29/h6-8,10-11,13,17,19H,4-5,9,12H2,1-3H3,(H,31,33)/t17-,19-/m0/s1. The lowest BCUT2D eigenvalue weighted by atomic mass is 9.90. The molecule has 1 aliphatic heterocycles. The van der Waals surface area contributed by atoms with Crippen LogP contribution in [0.3, 0.4) is 0 Å². The van der Waals surface area contributed by atoms with Gasteiger partial charge in [-0.1, -0.05) is 39.7 Å². The lowest BCUT2D eigenvalue weighted by Crippen LogP contribution is -2.52. The number of piperidine rings is 1. The number of halogens is 5. The maximum atomic E-state index is 13.3. The van der Waals surface area contributed by atoms with Gasteiger partial charge in [-0.3, -0.25) is 4.79 Å². The SMILES string of the molecule is CC(C)(C)OC(=O)N1CCCC[C@H]1[C@@H](NC(=O)c1nccc(C(F)(F)F)c1Cl)c1cccc(Br)c1. The summed E-state index contributed by atoms with van der Waals surface area (Å²) in [5, 5.41) is 2.01. The minimum atomic E-state index is -4.74. The lowest BCUT2D eigenvalue weighted by Gasteiger charge is -2.41. The van der Waals surface area contributed by atoms with Crippen LogP contribution >= 0.6 is 27.5 Å². The molecular formula is C24H26BrClF3N3O3. The van der Waals surface area contributed by atoms with Gasteiger partial charge in [0.1, 0.15) is 11.3 Å². The fourth-order valence-corrected chi connectivity index (χ4v) is 4.71. The smallest absolute Gasteiger partial charge is 0.417 e. The van der Waals surface area contributed by atoms with Crippen molar-refractivity contribution >= 4 is 39.5 Å².